The minimum absolute atomic E-state index is 0.0814. The van der Waals surface area contributed by atoms with E-state index in [2.05, 4.69) is 0 Å². The van der Waals surface area contributed by atoms with Crippen molar-refractivity contribution in [1.82, 2.24) is 0 Å². The summed E-state index contributed by atoms with van der Waals surface area (Å²) in [4.78, 5) is -1.84. The monoisotopic (exact) mass is 144 g/mol. The molecule has 0 aliphatic heterocycles. The van der Waals surface area contributed by atoms with Crippen LogP contribution in [0.3, 0.4) is 0 Å². The van der Waals surface area contributed by atoms with Crippen LogP contribution in [0, 0.1) is 0 Å². The largest absolute Gasteiger partial charge is 0.407 e. The first-order valence-electron chi connectivity index (χ1n) is 2.21. The van der Waals surface area contributed by atoms with Gasteiger partial charge in [-0.1, -0.05) is 0 Å². The lowest BCUT2D eigenvalue weighted by atomic mass is 10.4. The highest BCUT2D eigenvalue weighted by Gasteiger charge is 2.62. The first kappa shape index (κ1) is 6.20. The van der Waals surface area contributed by atoms with Gasteiger partial charge in [-0.25, -0.2) is 0 Å². The van der Waals surface area contributed by atoms with Crippen molar-refractivity contribution in [3.05, 3.63) is 0 Å². The molecule has 0 heterocycles. The highest BCUT2D eigenvalue weighted by atomic mass is 35.5. The van der Waals surface area contributed by atoms with Gasteiger partial charge in [0, 0.05) is 0 Å². The number of hydrogen-bond donors (Lipinski definition) is 0. The van der Waals surface area contributed by atoms with Gasteiger partial charge in [0.15, 0.2) is 0 Å². The lowest BCUT2D eigenvalue weighted by Gasteiger charge is -2.09. The number of alkyl halides is 4. The predicted molar refractivity (Wildman–Crippen MR) is 23.9 cm³/mol. The van der Waals surface area contributed by atoms with Crippen LogP contribution in [0.4, 0.5) is 13.2 Å². The Morgan fingerprint density at radius 1 is 1.25 bits per heavy atom. The molecule has 4 heteroatoms. The molecule has 1 saturated carbocycles. The Morgan fingerprint density at radius 3 is 1.62 bits per heavy atom. The van der Waals surface area contributed by atoms with Crippen molar-refractivity contribution in [2.75, 3.05) is 0 Å². The Hall–Kier alpha value is 0.0800. The molecule has 0 amide bonds. The van der Waals surface area contributed by atoms with Crippen molar-refractivity contribution >= 4 is 11.6 Å². The van der Waals surface area contributed by atoms with Crippen LogP contribution in [0.25, 0.3) is 0 Å². The minimum atomic E-state index is -4.19. The lowest BCUT2D eigenvalue weighted by molar-refractivity contribution is -0.137. The van der Waals surface area contributed by atoms with Gasteiger partial charge in [-0.05, 0) is 12.8 Å². The van der Waals surface area contributed by atoms with Gasteiger partial charge < -0.3 is 0 Å². The van der Waals surface area contributed by atoms with Crippen molar-refractivity contribution in [3.63, 3.8) is 0 Å². The molecule has 0 atom stereocenters. The zero-order valence-corrected chi connectivity index (χ0v) is 4.68. The van der Waals surface area contributed by atoms with Crippen LogP contribution in [-0.4, -0.2) is 11.1 Å². The second-order valence-corrected chi connectivity index (χ2v) is 2.69. The molecule has 0 spiro atoms. The van der Waals surface area contributed by atoms with Gasteiger partial charge in [0.05, 0.1) is 0 Å². The fourth-order valence-electron chi connectivity index (χ4n) is 0.393. The van der Waals surface area contributed by atoms with Crippen LogP contribution in [0.15, 0.2) is 0 Å². The second kappa shape index (κ2) is 1.32. The highest BCUT2D eigenvalue weighted by Crippen LogP contribution is 2.54. The van der Waals surface area contributed by atoms with E-state index in [4.69, 9.17) is 11.6 Å². The molecule has 0 bridgehead atoms. The van der Waals surface area contributed by atoms with E-state index in [1.165, 1.54) is 0 Å². The molecule has 0 aromatic rings. The Bertz CT molecular complexity index is 99.1. The predicted octanol–water partition coefficient (Wildman–Crippen LogP) is 2.32. The summed E-state index contributed by atoms with van der Waals surface area (Å²) < 4.78 is 34.5. The molecule has 1 rings (SSSR count). The maximum atomic E-state index is 11.5. The Balaban J connectivity index is 2.58. The summed E-state index contributed by atoms with van der Waals surface area (Å²) in [5.74, 6) is 0. The molecular formula is C4H4ClF3. The molecule has 0 unspecified atom stereocenters. The van der Waals surface area contributed by atoms with Crippen molar-refractivity contribution in [3.8, 4) is 0 Å². The molecule has 0 radical (unpaired) electrons. The van der Waals surface area contributed by atoms with E-state index in [-0.39, 0.29) is 12.8 Å². The molecule has 0 saturated heterocycles. The summed E-state index contributed by atoms with van der Waals surface area (Å²) in [5, 5.41) is 0. The maximum Gasteiger partial charge on any atom is 0.407 e. The molecular weight excluding hydrogens is 140 g/mol. The maximum absolute atomic E-state index is 11.5. The first-order chi connectivity index (χ1) is 3.46. The smallest absolute Gasteiger partial charge is 0.169 e. The highest BCUT2D eigenvalue weighted by molar-refractivity contribution is 6.26. The van der Waals surface area contributed by atoms with Gasteiger partial charge in [0.25, 0.3) is 0 Å². The van der Waals surface area contributed by atoms with Gasteiger partial charge >= 0.3 is 6.18 Å². The average molecular weight is 145 g/mol. The molecule has 0 aromatic carbocycles. The minimum Gasteiger partial charge on any atom is -0.169 e. The summed E-state index contributed by atoms with van der Waals surface area (Å²) in [6, 6.07) is 0. The van der Waals surface area contributed by atoms with Crippen molar-refractivity contribution in [1.29, 1.82) is 0 Å². The zero-order valence-electron chi connectivity index (χ0n) is 3.93. The lowest BCUT2D eigenvalue weighted by Crippen LogP contribution is -2.24. The topological polar surface area (TPSA) is 0 Å². The number of halogens is 4. The van der Waals surface area contributed by atoms with E-state index >= 15 is 0 Å². The van der Waals surface area contributed by atoms with E-state index in [1.807, 2.05) is 0 Å². The molecule has 1 fully saturated rings. The van der Waals surface area contributed by atoms with Crippen LogP contribution >= 0.6 is 11.6 Å². The van der Waals surface area contributed by atoms with E-state index < -0.39 is 11.1 Å². The van der Waals surface area contributed by atoms with Crippen molar-refractivity contribution < 1.29 is 13.2 Å². The van der Waals surface area contributed by atoms with E-state index in [0.29, 0.717) is 0 Å². The second-order valence-electron chi connectivity index (χ2n) is 1.96. The Morgan fingerprint density at radius 2 is 1.62 bits per heavy atom. The van der Waals surface area contributed by atoms with E-state index in [1.54, 1.807) is 0 Å². The zero-order chi connectivity index (χ0) is 6.41. The quantitative estimate of drug-likeness (QED) is 0.458. The van der Waals surface area contributed by atoms with Gasteiger partial charge in [-0.3, -0.25) is 0 Å². The molecule has 1 aliphatic carbocycles. The van der Waals surface area contributed by atoms with Crippen LogP contribution in [0.5, 0.6) is 0 Å². The molecule has 0 N–H and O–H groups in total. The number of hydrogen-bond acceptors (Lipinski definition) is 0. The third-order valence-corrected chi connectivity index (χ3v) is 1.79. The van der Waals surface area contributed by atoms with Gasteiger partial charge in [0.1, 0.15) is 4.87 Å². The van der Waals surface area contributed by atoms with Gasteiger partial charge in [-0.2, -0.15) is 13.2 Å². The third kappa shape index (κ3) is 0.791. The molecule has 0 aromatic heterocycles. The van der Waals surface area contributed by atoms with Crippen LogP contribution in [0.1, 0.15) is 12.8 Å². The van der Waals surface area contributed by atoms with Crippen LogP contribution in [0.2, 0.25) is 0 Å². The van der Waals surface area contributed by atoms with Crippen LogP contribution < -0.4 is 0 Å². The number of rotatable bonds is 0. The summed E-state index contributed by atoms with van der Waals surface area (Å²) in [5.41, 5.74) is 0. The fourth-order valence-corrected chi connectivity index (χ4v) is 0.488. The van der Waals surface area contributed by atoms with Gasteiger partial charge in [0.2, 0.25) is 0 Å². The molecule has 48 valence electrons. The van der Waals surface area contributed by atoms with E-state index in [9.17, 15) is 13.2 Å². The summed E-state index contributed by atoms with van der Waals surface area (Å²) >= 11 is 5.00. The normalized spacial score (nSPS) is 25.5. The summed E-state index contributed by atoms with van der Waals surface area (Å²) in [6.45, 7) is 0. The summed E-state index contributed by atoms with van der Waals surface area (Å²) in [6.07, 6.45) is -4.02. The Kier molecular flexibility index (Phi) is 1.02. The van der Waals surface area contributed by atoms with Crippen molar-refractivity contribution in [2.24, 2.45) is 0 Å². The molecule has 0 nitrogen and oxygen atoms in total. The Labute approximate surface area is 49.6 Å². The average Bonchev–Trinajstić information content (AvgIpc) is 2.16. The van der Waals surface area contributed by atoms with Crippen molar-refractivity contribution in [2.45, 2.75) is 23.9 Å². The molecule has 1 aliphatic rings. The summed E-state index contributed by atoms with van der Waals surface area (Å²) in [7, 11) is 0. The standard InChI is InChI=1S/C4H4ClF3/c5-3(1-2-3)4(6,7)8/h1-2H2. The first-order valence-corrected chi connectivity index (χ1v) is 2.59. The van der Waals surface area contributed by atoms with Gasteiger partial charge in [-0.15, -0.1) is 11.6 Å². The van der Waals surface area contributed by atoms with E-state index in [0.717, 1.165) is 0 Å². The SMILES string of the molecule is FC(F)(F)C1(Cl)CC1. The third-order valence-electron chi connectivity index (χ3n) is 1.20. The molecule has 8 heavy (non-hydrogen) atoms. The fraction of sp³-hybridized carbons (Fsp3) is 1.00. The van der Waals surface area contributed by atoms with Crippen LogP contribution in [-0.2, 0) is 0 Å².